The minimum absolute atomic E-state index is 0.000931. The van der Waals surface area contributed by atoms with Crippen LogP contribution >= 0.6 is 0 Å². The van der Waals surface area contributed by atoms with Crippen LogP contribution in [0.25, 0.3) is 10.9 Å². The highest BCUT2D eigenvalue weighted by Gasteiger charge is 2.49. The molecule has 1 amide bonds. The summed E-state index contributed by atoms with van der Waals surface area (Å²) in [5.74, 6) is 0.480. The Bertz CT molecular complexity index is 1600. The van der Waals surface area contributed by atoms with Crippen molar-refractivity contribution in [3.63, 3.8) is 0 Å². The summed E-state index contributed by atoms with van der Waals surface area (Å²) in [6.07, 6.45) is 3.17. The Labute approximate surface area is 259 Å². The van der Waals surface area contributed by atoms with Crippen LogP contribution in [-0.2, 0) is 20.8 Å². The van der Waals surface area contributed by atoms with Crippen LogP contribution < -0.4 is 10.1 Å². The van der Waals surface area contributed by atoms with Gasteiger partial charge in [0.25, 0.3) is 0 Å². The zero-order valence-corrected chi connectivity index (χ0v) is 27.1. The lowest BCUT2D eigenvalue weighted by atomic mass is 9.68. The smallest absolute Gasteiger partial charge is 0.419 e. The minimum Gasteiger partial charge on any atom is -0.496 e. The molecule has 5 rings (SSSR count). The van der Waals surface area contributed by atoms with Crippen molar-refractivity contribution in [2.45, 2.75) is 65.6 Å². The maximum absolute atomic E-state index is 13.2. The molecular formula is C34H44N4O6. The van der Waals surface area contributed by atoms with Crippen LogP contribution in [0.1, 0.15) is 73.6 Å². The highest BCUT2D eigenvalue weighted by Crippen LogP contribution is 2.50. The predicted molar refractivity (Wildman–Crippen MR) is 169 cm³/mol. The van der Waals surface area contributed by atoms with Crippen LogP contribution in [0, 0.1) is 12.3 Å². The first-order valence-corrected chi connectivity index (χ1v) is 15.1. The number of likely N-dealkylation sites (tertiary alicyclic amines) is 2. The maximum atomic E-state index is 13.2. The molecule has 236 valence electrons. The van der Waals surface area contributed by atoms with Gasteiger partial charge in [0.05, 0.1) is 25.3 Å². The number of amides is 1. The fourth-order valence-electron chi connectivity index (χ4n) is 6.83. The van der Waals surface area contributed by atoms with Gasteiger partial charge in [0.15, 0.2) is 0 Å². The number of methoxy groups -OCH3 is 2. The van der Waals surface area contributed by atoms with Crippen LogP contribution in [0.5, 0.6) is 5.75 Å². The largest absolute Gasteiger partial charge is 0.496 e. The van der Waals surface area contributed by atoms with E-state index in [0.29, 0.717) is 12.1 Å². The van der Waals surface area contributed by atoms with Crippen LogP contribution in [0.2, 0.25) is 0 Å². The highest BCUT2D eigenvalue weighted by atomic mass is 16.6. The summed E-state index contributed by atoms with van der Waals surface area (Å²) in [4.78, 5) is 42.0. The van der Waals surface area contributed by atoms with Crippen molar-refractivity contribution in [2.24, 2.45) is 5.41 Å². The Hall–Kier alpha value is -4.05. The van der Waals surface area contributed by atoms with E-state index in [1.54, 1.807) is 24.8 Å². The standard InChI is InChI=1S/C34H44N4O6/c1-21-15-29(42-7)26(24-11-13-38(30(21)24)32(41)44-33(3,4)5)18-36-14-12-34(19-37(20-34)22(2)39)17-28(36)25-10-9-23(31(40)43-8)16-27(25)35-6/h9-11,13,15-16,28,35H,12,14,17-20H2,1-8H3/t28-/m1/s1. The molecule has 2 aliphatic heterocycles. The van der Waals surface area contributed by atoms with Crippen molar-refractivity contribution >= 4 is 34.6 Å². The van der Waals surface area contributed by atoms with Gasteiger partial charge in [-0.2, -0.15) is 0 Å². The number of piperidine rings is 1. The summed E-state index contributed by atoms with van der Waals surface area (Å²) < 4.78 is 18.2. The summed E-state index contributed by atoms with van der Waals surface area (Å²) >= 11 is 0. The molecule has 44 heavy (non-hydrogen) atoms. The van der Waals surface area contributed by atoms with Crippen molar-refractivity contribution < 1.29 is 28.6 Å². The Balaban J connectivity index is 1.56. The van der Waals surface area contributed by atoms with Gasteiger partial charge in [-0.05, 0) is 82.5 Å². The topological polar surface area (TPSA) is 102 Å². The molecule has 2 fully saturated rings. The third kappa shape index (κ3) is 5.87. The van der Waals surface area contributed by atoms with E-state index in [-0.39, 0.29) is 23.3 Å². The number of hydrogen-bond acceptors (Lipinski definition) is 8. The molecule has 10 nitrogen and oxygen atoms in total. The minimum atomic E-state index is -0.623. The van der Waals surface area contributed by atoms with E-state index >= 15 is 0 Å². The molecule has 1 aromatic heterocycles. The number of carbonyl (C=O) groups is 3. The average molecular weight is 605 g/mol. The molecule has 3 heterocycles. The van der Waals surface area contributed by atoms with Gasteiger partial charge in [0.1, 0.15) is 11.4 Å². The Morgan fingerprint density at radius 1 is 1.09 bits per heavy atom. The Kier molecular flexibility index (Phi) is 8.41. The van der Waals surface area contributed by atoms with E-state index in [0.717, 1.165) is 71.5 Å². The molecule has 0 radical (unpaired) electrons. The molecule has 2 aliphatic rings. The van der Waals surface area contributed by atoms with Gasteiger partial charge in [-0.15, -0.1) is 0 Å². The Morgan fingerprint density at radius 3 is 2.43 bits per heavy atom. The number of aromatic nitrogens is 1. The fraction of sp³-hybridized carbons (Fsp3) is 0.500. The number of nitrogens with one attached hydrogen (secondary N) is 1. The number of ether oxygens (including phenoxy) is 3. The number of esters is 1. The molecule has 2 aromatic carbocycles. The monoisotopic (exact) mass is 604 g/mol. The van der Waals surface area contributed by atoms with Crippen LogP contribution in [-0.4, -0.2) is 78.8 Å². The van der Waals surface area contributed by atoms with Gasteiger partial charge in [-0.25, -0.2) is 9.59 Å². The zero-order valence-electron chi connectivity index (χ0n) is 27.1. The van der Waals surface area contributed by atoms with Crippen LogP contribution in [0.4, 0.5) is 10.5 Å². The molecular weight excluding hydrogens is 560 g/mol. The molecule has 1 atom stereocenters. The lowest BCUT2D eigenvalue weighted by Crippen LogP contribution is -2.61. The first-order valence-electron chi connectivity index (χ1n) is 15.1. The summed E-state index contributed by atoms with van der Waals surface area (Å²) in [5, 5.41) is 4.24. The molecule has 1 N–H and O–H groups in total. The van der Waals surface area contributed by atoms with Gasteiger partial charge < -0.3 is 24.4 Å². The van der Waals surface area contributed by atoms with Crippen molar-refractivity contribution in [1.29, 1.82) is 0 Å². The average Bonchev–Trinajstić information content (AvgIpc) is 3.42. The van der Waals surface area contributed by atoms with Crippen molar-refractivity contribution in [2.75, 3.05) is 46.2 Å². The van der Waals surface area contributed by atoms with Gasteiger partial charge >= 0.3 is 12.1 Å². The molecule has 3 aromatic rings. The third-order valence-electron chi connectivity index (χ3n) is 9.00. The molecule has 0 unspecified atom stereocenters. The zero-order chi connectivity index (χ0) is 32.0. The van der Waals surface area contributed by atoms with Gasteiger partial charge in [0.2, 0.25) is 5.91 Å². The summed E-state index contributed by atoms with van der Waals surface area (Å²) in [7, 11) is 4.91. The van der Waals surface area contributed by atoms with Crippen LogP contribution in [0.3, 0.4) is 0 Å². The second-order valence-corrected chi connectivity index (χ2v) is 13.2. The SMILES string of the molecule is CNc1cc(C(=O)OC)ccc1[C@H]1CC2(CCN1Cc1c(OC)cc(C)c3c1ccn3C(=O)OC(C)(C)C)CN(C(C)=O)C2. The molecule has 0 bridgehead atoms. The second-order valence-electron chi connectivity index (χ2n) is 13.2. The first-order chi connectivity index (χ1) is 20.8. The van der Waals surface area contributed by atoms with E-state index < -0.39 is 11.7 Å². The van der Waals surface area contributed by atoms with Crippen molar-refractivity contribution in [1.82, 2.24) is 14.4 Å². The number of anilines is 1. The fourth-order valence-corrected chi connectivity index (χ4v) is 6.83. The molecule has 0 saturated carbocycles. The normalized spacial score (nSPS) is 18.2. The number of benzene rings is 2. The number of aryl methyl sites for hydroxylation is 1. The Morgan fingerprint density at radius 2 is 1.82 bits per heavy atom. The van der Waals surface area contributed by atoms with Crippen molar-refractivity contribution in [3.05, 3.63) is 58.8 Å². The second kappa shape index (κ2) is 11.8. The quantitative estimate of drug-likeness (QED) is 0.355. The number of fused-ring (bicyclic) bond motifs is 1. The summed E-state index contributed by atoms with van der Waals surface area (Å²) in [6, 6.07) is 9.62. The molecule has 1 spiro atoms. The number of carbonyl (C=O) groups excluding carboxylic acids is 3. The number of hydrogen-bond donors (Lipinski definition) is 1. The van der Waals surface area contributed by atoms with Gasteiger partial charge in [0, 0.05) is 67.9 Å². The maximum Gasteiger partial charge on any atom is 0.419 e. The lowest BCUT2D eigenvalue weighted by Gasteiger charge is -2.56. The predicted octanol–water partition coefficient (Wildman–Crippen LogP) is 5.76. The molecule has 0 aliphatic carbocycles. The number of rotatable bonds is 6. The summed E-state index contributed by atoms with van der Waals surface area (Å²) in [6.45, 7) is 12.1. The van der Waals surface area contributed by atoms with E-state index in [2.05, 4.69) is 10.2 Å². The molecule has 2 saturated heterocycles. The first kappa shape index (κ1) is 31.4. The number of nitrogens with zero attached hydrogens (tertiary/aromatic N) is 3. The van der Waals surface area contributed by atoms with E-state index in [1.807, 2.05) is 70.0 Å². The van der Waals surface area contributed by atoms with Gasteiger partial charge in [-0.1, -0.05) is 6.07 Å². The van der Waals surface area contributed by atoms with E-state index in [4.69, 9.17) is 14.2 Å². The van der Waals surface area contributed by atoms with Gasteiger partial charge in [-0.3, -0.25) is 14.3 Å². The van der Waals surface area contributed by atoms with Crippen LogP contribution in [0.15, 0.2) is 36.5 Å². The van der Waals surface area contributed by atoms with E-state index in [9.17, 15) is 14.4 Å². The summed E-state index contributed by atoms with van der Waals surface area (Å²) in [5.41, 5.74) is 4.54. The highest BCUT2D eigenvalue weighted by molar-refractivity contribution is 5.95. The lowest BCUT2D eigenvalue weighted by molar-refractivity contribution is -0.146. The molecule has 10 heteroatoms. The van der Waals surface area contributed by atoms with E-state index in [1.165, 1.54) is 7.11 Å². The van der Waals surface area contributed by atoms with Crippen molar-refractivity contribution in [3.8, 4) is 5.75 Å². The third-order valence-corrected chi connectivity index (χ3v) is 9.00.